The smallest absolute Gasteiger partial charge is 0.353 e. The van der Waals surface area contributed by atoms with E-state index >= 15 is 0 Å². The van der Waals surface area contributed by atoms with Crippen molar-refractivity contribution in [3.63, 3.8) is 0 Å². The fraction of sp³-hybridized carbons (Fsp3) is 0.538. The minimum absolute atomic E-state index is 0.0323. The number of nitriles is 2. The van der Waals surface area contributed by atoms with Crippen molar-refractivity contribution in [3.8, 4) is 12.1 Å². The van der Waals surface area contributed by atoms with Gasteiger partial charge in [-0.3, -0.25) is 10.1 Å². The molecule has 0 fully saturated rings. The van der Waals surface area contributed by atoms with Gasteiger partial charge in [0.05, 0.1) is 17.1 Å². The summed E-state index contributed by atoms with van der Waals surface area (Å²) in [4.78, 5) is 19.8. The van der Waals surface area contributed by atoms with E-state index in [1.807, 2.05) is 26.0 Å². The normalized spacial score (nSPS) is 9.86. The van der Waals surface area contributed by atoms with Crippen molar-refractivity contribution >= 4 is 17.3 Å². The molecular weight excluding hydrogens is 286 g/mol. The van der Waals surface area contributed by atoms with E-state index in [9.17, 15) is 10.1 Å². The predicted octanol–water partition coefficient (Wildman–Crippen LogP) is 1.70. The first kappa shape index (κ1) is 17.1. The minimum atomic E-state index is -0.602. The van der Waals surface area contributed by atoms with E-state index < -0.39 is 4.92 Å². The molecule has 1 aromatic rings. The number of nitrogens with zero attached hydrogens (tertiary/aromatic N) is 6. The van der Waals surface area contributed by atoms with Crippen LogP contribution in [0.2, 0.25) is 0 Å². The highest BCUT2D eigenvalue weighted by molar-refractivity contribution is 5.70. The van der Waals surface area contributed by atoms with Crippen LogP contribution >= 0.6 is 0 Å². The third-order valence-corrected chi connectivity index (χ3v) is 2.82. The summed E-state index contributed by atoms with van der Waals surface area (Å²) in [6, 6.07) is 3.73. The standard InChI is InChI=1S/C13H17N7O2/c1-10(2)3-6-16-12-11(20(21)22)13(18-9-17-12)19(7-4-14)8-5-15/h9-10H,3,6-8H2,1-2H3,(H,16,17,18). The van der Waals surface area contributed by atoms with Gasteiger partial charge in [-0.15, -0.1) is 0 Å². The molecule has 1 N–H and O–H groups in total. The first-order valence-electron chi connectivity index (χ1n) is 6.73. The van der Waals surface area contributed by atoms with E-state index in [1.54, 1.807) is 0 Å². The number of anilines is 2. The van der Waals surface area contributed by atoms with E-state index in [2.05, 4.69) is 15.3 Å². The van der Waals surface area contributed by atoms with Gasteiger partial charge in [-0.25, -0.2) is 9.97 Å². The summed E-state index contributed by atoms with van der Waals surface area (Å²) in [7, 11) is 0. The third kappa shape index (κ3) is 4.56. The number of hydrogen-bond donors (Lipinski definition) is 1. The highest BCUT2D eigenvalue weighted by Crippen LogP contribution is 2.31. The van der Waals surface area contributed by atoms with Crippen LogP contribution in [0.15, 0.2) is 6.33 Å². The Morgan fingerprint density at radius 1 is 1.36 bits per heavy atom. The minimum Gasteiger partial charge on any atom is -0.364 e. The Labute approximate surface area is 128 Å². The first-order chi connectivity index (χ1) is 10.5. The van der Waals surface area contributed by atoms with Crippen LogP contribution in [-0.4, -0.2) is 34.5 Å². The fourth-order valence-electron chi connectivity index (χ4n) is 1.75. The zero-order valence-corrected chi connectivity index (χ0v) is 12.5. The van der Waals surface area contributed by atoms with Crippen LogP contribution in [-0.2, 0) is 0 Å². The van der Waals surface area contributed by atoms with Crippen molar-refractivity contribution in [2.75, 3.05) is 29.9 Å². The summed E-state index contributed by atoms with van der Waals surface area (Å²) in [6.07, 6.45) is 2.01. The molecule has 1 rings (SSSR count). The molecule has 0 aliphatic rings. The van der Waals surface area contributed by atoms with Gasteiger partial charge in [-0.2, -0.15) is 10.5 Å². The van der Waals surface area contributed by atoms with Crippen molar-refractivity contribution in [2.24, 2.45) is 5.92 Å². The third-order valence-electron chi connectivity index (χ3n) is 2.82. The maximum Gasteiger partial charge on any atom is 0.353 e. The molecular formula is C13H17N7O2. The van der Waals surface area contributed by atoms with Crippen LogP contribution in [0.5, 0.6) is 0 Å². The fourth-order valence-corrected chi connectivity index (χ4v) is 1.75. The Morgan fingerprint density at radius 3 is 2.50 bits per heavy atom. The van der Waals surface area contributed by atoms with Gasteiger partial charge in [0.15, 0.2) is 0 Å². The SMILES string of the molecule is CC(C)CCNc1ncnc(N(CC#N)CC#N)c1[N+](=O)[O-]. The average Bonchev–Trinajstić information content (AvgIpc) is 2.46. The highest BCUT2D eigenvalue weighted by Gasteiger charge is 2.26. The van der Waals surface area contributed by atoms with Gasteiger partial charge < -0.3 is 10.2 Å². The summed E-state index contributed by atoms with van der Waals surface area (Å²) >= 11 is 0. The van der Waals surface area contributed by atoms with E-state index in [4.69, 9.17) is 10.5 Å². The molecule has 9 nitrogen and oxygen atoms in total. The lowest BCUT2D eigenvalue weighted by Crippen LogP contribution is -2.26. The molecule has 0 spiro atoms. The van der Waals surface area contributed by atoms with Crippen molar-refractivity contribution in [1.82, 2.24) is 9.97 Å². The van der Waals surface area contributed by atoms with Gasteiger partial charge in [0.25, 0.3) is 0 Å². The Bertz CT molecular complexity index is 587. The summed E-state index contributed by atoms with van der Waals surface area (Å²) in [5.41, 5.74) is -0.322. The molecule has 116 valence electrons. The molecule has 0 aliphatic carbocycles. The van der Waals surface area contributed by atoms with Gasteiger partial charge in [0, 0.05) is 6.54 Å². The van der Waals surface area contributed by atoms with Crippen molar-refractivity contribution in [2.45, 2.75) is 20.3 Å². The maximum atomic E-state index is 11.3. The van der Waals surface area contributed by atoms with Crippen LogP contribution in [0.4, 0.5) is 17.3 Å². The topological polar surface area (TPSA) is 132 Å². The monoisotopic (exact) mass is 303 g/mol. The molecule has 1 aromatic heterocycles. The van der Waals surface area contributed by atoms with Gasteiger partial charge in [-0.05, 0) is 12.3 Å². The van der Waals surface area contributed by atoms with Gasteiger partial charge in [0.1, 0.15) is 19.4 Å². The summed E-state index contributed by atoms with van der Waals surface area (Å²) in [5.74, 6) is 0.508. The van der Waals surface area contributed by atoms with Crippen LogP contribution < -0.4 is 10.2 Å². The van der Waals surface area contributed by atoms with Crippen LogP contribution in [0.1, 0.15) is 20.3 Å². The predicted molar refractivity (Wildman–Crippen MR) is 80.1 cm³/mol. The van der Waals surface area contributed by atoms with E-state index in [-0.39, 0.29) is 30.4 Å². The Balaban J connectivity index is 3.14. The number of hydrogen-bond acceptors (Lipinski definition) is 8. The van der Waals surface area contributed by atoms with E-state index in [0.29, 0.717) is 12.5 Å². The summed E-state index contributed by atoms with van der Waals surface area (Å²) in [6.45, 7) is 4.28. The van der Waals surface area contributed by atoms with Crippen LogP contribution in [0.25, 0.3) is 0 Å². The highest BCUT2D eigenvalue weighted by atomic mass is 16.6. The molecule has 0 unspecified atom stereocenters. The largest absolute Gasteiger partial charge is 0.364 e. The van der Waals surface area contributed by atoms with Crippen molar-refractivity contribution < 1.29 is 4.92 Å². The number of rotatable bonds is 8. The zero-order valence-electron chi connectivity index (χ0n) is 12.5. The molecule has 0 atom stereocenters. The molecule has 0 amide bonds. The zero-order chi connectivity index (χ0) is 16.5. The lowest BCUT2D eigenvalue weighted by atomic mass is 10.1. The van der Waals surface area contributed by atoms with Crippen LogP contribution in [0, 0.1) is 38.7 Å². The lowest BCUT2D eigenvalue weighted by molar-refractivity contribution is -0.383. The molecule has 22 heavy (non-hydrogen) atoms. The molecule has 9 heteroatoms. The number of nitro groups is 1. The van der Waals surface area contributed by atoms with Crippen molar-refractivity contribution in [3.05, 3.63) is 16.4 Å². The van der Waals surface area contributed by atoms with Gasteiger partial charge in [-0.1, -0.05) is 13.8 Å². The maximum absolute atomic E-state index is 11.3. The molecule has 0 aromatic carbocycles. The molecule has 1 heterocycles. The Morgan fingerprint density at radius 2 is 2.00 bits per heavy atom. The lowest BCUT2D eigenvalue weighted by Gasteiger charge is -2.17. The summed E-state index contributed by atoms with van der Waals surface area (Å²) < 4.78 is 0. The van der Waals surface area contributed by atoms with Gasteiger partial charge in [0.2, 0.25) is 11.6 Å². The van der Waals surface area contributed by atoms with E-state index in [0.717, 1.165) is 6.42 Å². The van der Waals surface area contributed by atoms with E-state index in [1.165, 1.54) is 11.2 Å². The molecule has 0 bridgehead atoms. The second-order valence-corrected chi connectivity index (χ2v) is 4.93. The number of aromatic nitrogens is 2. The van der Waals surface area contributed by atoms with Gasteiger partial charge >= 0.3 is 5.69 Å². The average molecular weight is 303 g/mol. The second-order valence-electron chi connectivity index (χ2n) is 4.93. The van der Waals surface area contributed by atoms with Crippen molar-refractivity contribution in [1.29, 1.82) is 10.5 Å². The molecule has 0 saturated carbocycles. The van der Waals surface area contributed by atoms with Crippen LogP contribution in [0.3, 0.4) is 0 Å². The summed E-state index contributed by atoms with van der Waals surface area (Å²) in [5, 5.41) is 31.9. The second kappa shape index (κ2) is 8.37. The first-order valence-corrected chi connectivity index (χ1v) is 6.73. The molecule has 0 radical (unpaired) electrons. The molecule has 0 aliphatic heterocycles. The quantitative estimate of drug-likeness (QED) is 0.436. The Kier molecular flexibility index (Phi) is 6.51. The Hall–Kier alpha value is -2.94. The number of nitrogens with one attached hydrogen (secondary N) is 1. The molecule has 0 saturated heterocycles.